The number of nitrogens with one attached hydrogen (secondary N) is 1. The Bertz CT molecular complexity index is 456. The maximum Gasteiger partial charge on any atom is 0.276 e. The highest BCUT2D eigenvalue weighted by molar-refractivity contribution is 5.97. The molecule has 2 heterocycles. The molecule has 1 aliphatic rings. The van der Waals surface area contributed by atoms with Crippen LogP contribution < -0.4 is 5.73 Å². The third kappa shape index (κ3) is 3.12. The van der Waals surface area contributed by atoms with Gasteiger partial charge in [0, 0.05) is 20.2 Å². The number of nitrogen functional groups attached to an aromatic ring is 1. The first-order valence-electron chi connectivity index (χ1n) is 7.28. The SMILES string of the molecule is CCCc1[nH]nc(C(=O)N2CCCC(COC)C2)c1N. The molecule has 6 heteroatoms. The predicted molar refractivity (Wildman–Crippen MR) is 77.5 cm³/mol. The zero-order valence-corrected chi connectivity index (χ0v) is 12.3. The molecule has 0 saturated carbocycles. The lowest BCUT2D eigenvalue weighted by Gasteiger charge is -2.32. The van der Waals surface area contributed by atoms with Crippen LogP contribution in [-0.4, -0.2) is 47.8 Å². The minimum atomic E-state index is -0.0677. The average Bonchev–Trinajstić information content (AvgIpc) is 2.81. The number of aromatic nitrogens is 2. The number of amides is 1. The number of ether oxygens (including phenoxy) is 1. The van der Waals surface area contributed by atoms with Crippen molar-refractivity contribution in [3.63, 3.8) is 0 Å². The van der Waals surface area contributed by atoms with E-state index in [2.05, 4.69) is 17.1 Å². The van der Waals surface area contributed by atoms with Crippen molar-refractivity contribution in [2.24, 2.45) is 5.92 Å². The van der Waals surface area contributed by atoms with Crippen LogP contribution in [-0.2, 0) is 11.2 Å². The van der Waals surface area contributed by atoms with Crippen LogP contribution in [0.25, 0.3) is 0 Å². The van der Waals surface area contributed by atoms with E-state index >= 15 is 0 Å². The first kappa shape index (κ1) is 14.8. The smallest absolute Gasteiger partial charge is 0.276 e. The number of carbonyl (C=O) groups is 1. The average molecular weight is 280 g/mol. The van der Waals surface area contributed by atoms with E-state index in [0.29, 0.717) is 23.9 Å². The summed E-state index contributed by atoms with van der Waals surface area (Å²) in [7, 11) is 1.70. The van der Waals surface area contributed by atoms with Gasteiger partial charge in [-0.2, -0.15) is 5.10 Å². The van der Waals surface area contributed by atoms with Crippen LogP contribution in [0.1, 0.15) is 42.4 Å². The van der Waals surface area contributed by atoms with Crippen molar-refractivity contribution in [3.8, 4) is 0 Å². The number of hydrogen-bond donors (Lipinski definition) is 2. The minimum absolute atomic E-state index is 0.0677. The normalized spacial score (nSPS) is 19.3. The Hall–Kier alpha value is -1.56. The van der Waals surface area contributed by atoms with Crippen LogP contribution in [0.3, 0.4) is 0 Å². The summed E-state index contributed by atoms with van der Waals surface area (Å²) in [5.41, 5.74) is 7.76. The van der Waals surface area contributed by atoms with Gasteiger partial charge in [0.1, 0.15) is 0 Å². The fourth-order valence-corrected chi connectivity index (χ4v) is 2.76. The van der Waals surface area contributed by atoms with Crippen LogP contribution in [0.15, 0.2) is 0 Å². The van der Waals surface area contributed by atoms with Gasteiger partial charge in [0.05, 0.1) is 18.0 Å². The third-order valence-electron chi connectivity index (χ3n) is 3.79. The Labute approximate surface area is 119 Å². The molecule has 1 aliphatic heterocycles. The second-order valence-corrected chi connectivity index (χ2v) is 5.43. The van der Waals surface area contributed by atoms with Crippen LogP contribution >= 0.6 is 0 Å². The maximum atomic E-state index is 12.5. The Morgan fingerprint density at radius 1 is 1.60 bits per heavy atom. The van der Waals surface area contributed by atoms with E-state index in [0.717, 1.165) is 44.5 Å². The molecular formula is C14H24N4O2. The molecule has 1 atom stereocenters. The van der Waals surface area contributed by atoms with E-state index in [-0.39, 0.29) is 5.91 Å². The molecule has 1 unspecified atom stereocenters. The quantitative estimate of drug-likeness (QED) is 0.855. The van der Waals surface area contributed by atoms with Gasteiger partial charge >= 0.3 is 0 Å². The molecule has 0 bridgehead atoms. The molecule has 3 N–H and O–H groups in total. The third-order valence-corrected chi connectivity index (χ3v) is 3.79. The number of nitrogens with zero attached hydrogens (tertiary/aromatic N) is 2. The molecule has 1 aromatic heterocycles. The number of H-pyrrole nitrogens is 1. The van der Waals surface area contributed by atoms with Crippen molar-refractivity contribution in [1.29, 1.82) is 0 Å². The fraction of sp³-hybridized carbons (Fsp3) is 0.714. The highest BCUT2D eigenvalue weighted by Crippen LogP contribution is 2.22. The Morgan fingerprint density at radius 3 is 3.10 bits per heavy atom. The van der Waals surface area contributed by atoms with Gasteiger partial charge in [-0.05, 0) is 25.2 Å². The summed E-state index contributed by atoms with van der Waals surface area (Å²) >= 11 is 0. The summed E-state index contributed by atoms with van der Waals surface area (Å²) in [6.45, 7) is 4.26. The van der Waals surface area contributed by atoms with Gasteiger partial charge in [0.15, 0.2) is 5.69 Å². The molecule has 1 aromatic rings. The van der Waals surface area contributed by atoms with Crippen molar-refractivity contribution in [1.82, 2.24) is 15.1 Å². The lowest BCUT2D eigenvalue weighted by Crippen LogP contribution is -2.41. The number of hydrogen-bond acceptors (Lipinski definition) is 4. The van der Waals surface area contributed by atoms with Gasteiger partial charge in [-0.25, -0.2) is 0 Å². The Balaban J connectivity index is 2.06. The topological polar surface area (TPSA) is 84.2 Å². The molecule has 0 spiro atoms. The second kappa shape index (κ2) is 6.74. The second-order valence-electron chi connectivity index (χ2n) is 5.43. The number of aryl methyl sites for hydroxylation is 1. The lowest BCUT2D eigenvalue weighted by atomic mass is 9.98. The molecule has 0 aliphatic carbocycles. The van der Waals surface area contributed by atoms with Gasteiger partial charge in [-0.3, -0.25) is 9.89 Å². The van der Waals surface area contributed by atoms with Gasteiger partial charge in [-0.15, -0.1) is 0 Å². The summed E-state index contributed by atoms with van der Waals surface area (Å²) in [6, 6.07) is 0. The first-order chi connectivity index (χ1) is 9.67. The molecule has 1 saturated heterocycles. The monoisotopic (exact) mass is 280 g/mol. The summed E-state index contributed by atoms with van der Waals surface area (Å²) < 4.78 is 5.19. The van der Waals surface area contributed by atoms with Gasteiger partial charge in [0.25, 0.3) is 5.91 Å². The van der Waals surface area contributed by atoms with E-state index in [1.165, 1.54) is 0 Å². The first-order valence-corrected chi connectivity index (χ1v) is 7.28. The number of aromatic amines is 1. The number of carbonyl (C=O) groups excluding carboxylic acids is 1. The van der Waals surface area contributed by atoms with Crippen LogP contribution in [0.4, 0.5) is 5.69 Å². The fourth-order valence-electron chi connectivity index (χ4n) is 2.76. The Morgan fingerprint density at radius 2 is 2.40 bits per heavy atom. The van der Waals surface area contributed by atoms with Crippen molar-refractivity contribution in [2.75, 3.05) is 32.5 Å². The van der Waals surface area contributed by atoms with Crippen LogP contribution in [0, 0.1) is 5.92 Å². The standard InChI is InChI=1S/C14H24N4O2/c1-3-5-11-12(15)13(17-16-11)14(19)18-7-4-6-10(8-18)9-20-2/h10H,3-9,15H2,1-2H3,(H,16,17). The van der Waals surface area contributed by atoms with Crippen molar-refractivity contribution in [2.45, 2.75) is 32.6 Å². The number of nitrogens with two attached hydrogens (primary N) is 1. The molecule has 2 rings (SSSR count). The largest absolute Gasteiger partial charge is 0.395 e. The number of likely N-dealkylation sites (tertiary alicyclic amines) is 1. The number of anilines is 1. The zero-order valence-electron chi connectivity index (χ0n) is 12.3. The van der Waals surface area contributed by atoms with E-state index in [1.807, 2.05) is 4.90 Å². The van der Waals surface area contributed by atoms with E-state index in [9.17, 15) is 4.79 Å². The molecule has 0 radical (unpaired) electrons. The highest BCUT2D eigenvalue weighted by atomic mass is 16.5. The molecule has 1 amide bonds. The van der Waals surface area contributed by atoms with Crippen molar-refractivity contribution >= 4 is 11.6 Å². The predicted octanol–water partition coefficient (Wildman–Crippen LogP) is 1.44. The molecule has 1 fully saturated rings. The Kier molecular flexibility index (Phi) is 5.00. The van der Waals surface area contributed by atoms with Crippen molar-refractivity contribution in [3.05, 3.63) is 11.4 Å². The summed E-state index contributed by atoms with van der Waals surface area (Å²) in [5.74, 6) is 0.342. The number of rotatable bonds is 5. The lowest BCUT2D eigenvalue weighted by molar-refractivity contribution is 0.0566. The minimum Gasteiger partial charge on any atom is -0.395 e. The molecule has 0 aromatic carbocycles. The highest BCUT2D eigenvalue weighted by Gasteiger charge is 2.27. The number of piperidine rings is 1. The molecule has 112 valence electrons. The van der Waals surface area contributed by atoms with Gasteiger partial charge < -0.3 is 15.4 Å². The van der Waals surface area contributed by atoms with Gasteiger partial charge in [-0.1, -0.05) is 13.3 Å². The van der Waals surface area contributed by atoms with E-state index < -0.39 is 0 Å². The van der Waals surface area contributed by atoms with Gasteiger partial charge in [0.2, 0.25) is 0 Å². The molecule has 20 heavy (non-hydrogen) atoms. The van der Waals surface area contributed by atoms with Crippen LogP contribution in [0.5, 0.6) is 0 Å². The van der Waals surface area contributed by atoms with Crippen LogP contribution in [0.2, 0.25) is 0 Å². The zero-order chi connectivity index (χ0) is 14.5. The molecular weight excluding hydrogens is 256 g/mol. The van der Waals surface area contributed by atoms with E-state index in [1.54, 1.807) is 7.11 Å². The summed E-state index contributed by atoms with van der Waals surface area (Å²) in [5, 5.41) is 6.99. The molecule has 6 nitrogen and oxygen atoms in total. The van der Waals surface area contributed by atoms with Crippen molar-refractivity contribution < 1.29 is 9.53 Å². The summed E-state index contributed by atoms with van der Waals surface area (Å²) in [4.78, 5) is 14.4. The van der Waals surface area contributed by atoms with E-state index in [4.69, 9.17) is 10.5 Å². The maximum absolute atomic E-state index is 12.5. The number of methoxy groups -OCH3 is 1. The summed E-state index contributed by atoms with van der Waals surface area (Å²) in [6.07, 6.45) is 3.90.